The summed E-state index contributed by atoms with van der Waals surface area (Å²) in [5, 5.41) is 2.65. The summed E-state index contributed by atoms with van der Waals surface area (Å²) in [6.07, 6.45) is 0. The molecule has 0 bridgehead atoms. The van der Waals surface area contributed by atoms with Crippen molar-refractivity contribution < 1.29 is 4.79 Å². The van der Waals surface area contributed by atoms with Gasteiger partial charge in [0.15, 0.2) is 0 Å². The lowest BCUT2D eigenvalue weighted by atomic mass is 9.86. The lowest BCUT2D eigenvalue weighted by Crippen LogP contribution is -2.17. The van der Waals surface area contributed by atoms with Gasteiger partial charge in [-0.15, -0.1) is 0 Å². The van der Waals surface area contributed by atoms with Crippen molar-refractivity contribution in [2.24, 2.45) is 0 Å². The predicted molar refractivity (Wildman–Crippen MR) is 84.0 cm³/mol. The van der Waals surface area contributed by atoms with Gasteiger partial charge in [-0.2, -0.15) is 0 Å². The minimum absolute atomic E-state index is 0.0573. The van der Waals surface area contributed by atoms with Crippen LogP contribution in [-0.2, 0) is 5.41 Å². The van der Waals surface area contributed by atoms with Crippen molar-refractivity contribution in [2.75, 3.05) is 7.05 Å². The van der Waals surface area contributed by atoms with E-state index in [4.69, 9.17) is 0 Å². The minimum atomic E-state index is -0.0573. The highest BCUT2D eigenvalue weighted by molar-refractivity contribution is 5.95. The van der Waals surface area contributed by atoms with Crippen molar-refractivity contribution in [1.82, 2.24) is 5.32 Å². The molecule has 0 aliphatic rings. The van der Waals surface area contributed by atoms with E-state index in [9.17, 15) is 4.79 Å². The molecule has 0 saturated carbocycles. The summed E-state index contributed by atoms with van der Waals surface area (Å²) in [6.45, 7) is 6.61. The molecule has 0 radical (unpaired) electrons. The van der Waals surface area contributed by atoms with Gasteiger partial charge in [0, 0.05) is 12.6 Å². The highest BCUT2D eigenvalue weighted by Crippen LogP contribution is 2.26. The first-order valence-electron chi connectivity index (χ1n) is 6.85. The normalized spacial score (nSPS) is 11.2. The molecule has 0 fully saturated rings. The first kappa shape index (κ1) is 14.3. The molecule has 104 valence electrons. The summed E-state index contributed by atoms with van der Waals surface area (Å²) in [7, 11) is 1.65. The van der Waals surface area contributed by atoms with Crippen LogP contribution < -0.4 is 5.32 Å². The number of hydrogen-bond acceptors (Lipinski definition) is 1. The Hall–Kier alpha value is -2.09. The fourth-order valence-electron chi connectivity index (χ4n) is 2.15. The van der Waals surface area contributed by atoms with Crippen LogP contribution in [0.25, 0.3) is 11.1 Å². The van der Waals surface area contributed by atoms with Gasteiger partial charge in [0.1, 0.15) is 0 Å². The maximum atomic E-state index is 11.7. The van der Waals surface area contributed by atoms with E-state index in [0.29, 0.717) is 5.56 Å². The number of carbonyl (C=O) groups excluding carboxylic acids is 1. The molecule has 2 heteroatoms. The topological polar surface area (TPSA) is 29.1 Å². The largest absolute Gasteiger partial charge is 0.355 e. The molecule has 2 aromatic carbocycles. The van der Waals surface area contributed by atoms with E-state index in [-0.39, 0.29) is 11.3 Å². The molecule has 2 aromatic rings. The molecule has 1 N–H and O–H groups in total. The van der Waals surface area contributed by atoms with Crippen molar-refractivity contribution in [3.8, 4) is 11.1 Å². The van der Waals surface area contributed by atoms with E-state index in [0.717, 1.165) is 11.1 Å². The lowest BCUT2D eigenvalue weighted by molar-refractivity contribution is 0.0963. The number of hydrogen-bond donors (Lipinski definition) is 1. The third-order valence-electron chi connectivity index (χ3n) is 3.44. The molecule has 0 aliphatic heterocycles. The van der Waals surface area contributed by atoms with E-state index < -0.39 is 0 Å². The second kappa shape index (κ2) is 5.49. The van der Waals surface area contributed by atoms with Crippen LogP contribution in [0.15, 0.2) is 48.5 Å². The first-order chi connectivity index (χ1) is 9.41. The van der Waals surface area contributed by atoms with Crippen LogP contribution in [0.4, 0.5) is 0 Å². The zero-order chi connectivity index (χ0) is 14.8. The highest BCUT2D eigenvalue weighted by atomic mass is 16.1. The van der Waals surface area contributed by atoms with Crippen molar-refractivity contribution >= 4 is 5.91 Å². The average Bonchev–Trinajstić information content (AvgIpc) is 2.46. The van der Waals surface area contributed by atoms with Gasteiger partial charge in [0.2, 0.25) is 0 Å². The fourth-order valence-corrected chi connectivity index (χ4v) is 2.15. The van der Waals surface area contributed by atoms with Gasteiger partial charge < -0.3 is 5.32 Å². The molecular weight excluding hydrogens is 246 g/mol. The summed E-state index contributed by atoms with van der Waals surface area (Å²) in [6, 6.07) is 16.2. The number of benzene rings is 2. The SMILES string of the molecule is CNC(=O)c1cccc(-c2ccc(C(C)(C)C)cc2)c1. The molecule has 0 saturated heterocycles. The van der Waals surface area contributed by atoms with Crippen LogP contribution in [0.3, 0.4) is 0 Å². The quantitative estimate of drug-likeness (QED) is 0.875. The van der Waals surface area contributed by atoms with Crippen molar-refractivity contribution in [2.45, 2.75) is 26.2 Å². The predicted octanol–water partition coefficient (Wildman–Crippen LogP) is 4.01. The fraction of sp³-hybridized carbons (Fsp3) is 0.278. The van der Waals surface area contributed by atoms with Gasteiger partial charge in [-0.05, 0) is 34.2 Å². The number of nitrogens with one attached hydrogen (secondary N) is 1. The lowest BCUT2D eigenvalue weighted by Gasteiger charge is -2.19. The molecule has 0 heterocycles. The van der Waals surface area contributed by atoms with E-state index in [1.165, 1.54) is 5.56 Å². The highest BCUT2D eigenvalue weighted by Gasteiger charge is 2.13. The van der Waals surface area contributed by atoms with Crippen molar-refractivity contribution in [3.05, 3.63) is 59.7 Å². The third-order valence-corrected chi connectivity index (χ3v) is 3.44. The maximum absolute atomic E-state index is 11.7. The van der Waals surface area contributed by atoms with E-state index in [2.05, 4.69) is 50.4 Å². The molecule has 0 aliphatic carbocycles. The van der Waals surface area contributed by atoms with E-state index in [1.807, 2.05) is 24.3 Å². The van der Waals surface area contributed by atoms with Gasteiger partial charge in [-0.3, -0.25) is 4.79 Å². The average molecular weight is 267 g/mol. The van der Waals surface area contributed by atoms with Crippen molar-refractivity contribution in [3.63, 3.8) is 0 Å². The Balaban J connectivity index is 2.35. The van der Waals surface area contributed by atoms with Gasteiger partial charge in [-0.25, -0.2) is 0 Å². The molecule has 0 aromatic heterocycles. The summed E-state index contributed by atoms with van der Waals surface area (Å²) >= 11 is 0. The molecular formula is C18H21NO. The Labute approximate surface area is 120 Å². The Morgan fingerprint density at radius 3 is 2.15 bits per heavy atom. The zero-order valence-electron chi connectivity index (χ0n) is 12.5. The summed E-state index contributed by atoms with van der Waals surface area (Å²) in [5.41, 5.74) is 4.34. The summed E-state index contributed by atoms with van der Waals surface area (Å²) in [5.74, 6) is -0.0573. The molecule has 0 spiro atoms. The first-order valence-corrected chi connectivity index (χ1v) is 6.85. The molecule has 2 rings (SSSR count). The van der Waals surface area contributed by atoms with E-state index >= 15 is 0 Å². The maximum Gasteiger partial charge on any atom is 0.251 e. The van der Waals surface area contributed by atoms with Gasteiger partial charge in [-0.1, -0.05) is 57.2 Å². The molecule has 2 nitrogen and oxygen atoms in total. The minimum Gasteiger partial charge on any atom is -0.355 e. The van der Waals surface area contributed by atoms with Gasteiger partial charge in [0.05, 0.1) is 0 Å². The van der Waals surface area contributed by atoms with Gasteiger partial charge in [0.25, 0.3) is 5.91 Å². The molecule has 0 unspecified atom stereocenters. The van der Waals surface area contributed by atoms with Gasteiger partial charge >= 0.3 is 0 Å². The zero-order valence-corrected chi connectivity index (χ0v) is 12.5. The van der Waals surface area contributed by atoms with Crippen LogP contribution in [-0.4, -0.2) is 13.0 Å². The Bertz CT molecular complexity index is 606. The smallest absolute Gasteiger partial charge is 0.251 e. The second-order valence-electron chi connectivity index (χ2n) is 5.99. The third kappa shape index (κ3) is 3.08. The Morgan fingerprint density at radius 2 is 1.60 bits per heavy atom. The summed E-state index contributed by atoms with van der Waals surface area (Å²) in [4.78, 5) is 11.7. The second-order valence-corrected chi connectivity index (χ2v) is 5.99. The monoisotopic (exact) mass is 267 g/mol. The molecule has 20 heavy (non-hydrogen) atoms. The Morgan fingerprint density at radius 1 is 0.950 bits per heavy atom. The van der Waals surface area contributed by atoms with Crippen LogP contribution in [0, 0.1) is 0 Å². The molecule has 1 amide bonds. The van der Waals surface area contributed by atoms with Crippen LogP contribution in [0.2, 0.25) is 0 Å². The number of carbonyl (C=O) groups is 1. The van der Waals surface area contributed by atoms with Crippen molar-refractivity contribution in [1.29, 1.82) is 0 Å². The summed E-state index contributed by atoms with van der Waals surface area (Å²) < 4.78 is 0. The van der Waals surface area contributed by atoms with E-state index in [1.54, 1.807) is 7.05 Å². The standard InChI is InChI=1S/C18H21NO/c1-18(2,3)16-10-8-13(9-11-16)14-6-5-7-15(12-14)17(20)19-4/h5-12H,1-4H3,(H,19,20). The number of amides is 1. The van der Waals surface area contributed by atoms with Crippen LogP contribution in [0.5, 0.6) is 0 Å². The van der Waals surface area contributed by atoms with Crippen LogP contribution in [0.1, 0.15) is 36.7 Å². The number of rotatable bonds is 2. The van der Waals surface area contributed by atoms with Crippen LogP contribution >= 0.6 is 0 Å². The Kier molecular flexibility index (Phi) is 3.93. The molecule has 0 atom stereocenters.